The molecule has 0 saturated carbocycles. The first-order valence-electron chi connectivity index (χ1n) is 4.67. The van der Waals surface area contributed by atoms with Crippen LogP contribution in [0.1, 0.15) is 24.2 Å². The average Bonchev–Trinajstić information content (AvgIpc) is 2.14. The highest BCUT2D eigenvalue weighted by Crippen LogP contribution is 2.32. The van der Waals surface area contributed by atoms with Crippen LogP contribution in [0.15, 0.2) is 18.3 Å². The molecule has 0 saturated heterocycles. The summed E-state index contributed by atoms with van der Waals surface area (Å²) in [6, 6.07) is 1.39. The summed E-state index contributed by atoms with van der Waals surface area (Å²) in [6.45, 7) is 3.64. The minimum Gasteiger partial charge on any atom is -0.303 e. The van der Waals surface area contributed by atoms with E-state index in [2.05, 4.69) is 10.3 Å². The van der Waals surface area contributed by atoms with E-state index in [1.807, 2.05) is 0 Å². The summed E-state index contributed by atoms with van der Waals surface area (Å²) in [6.07, 6.45) is -3.02. The molecule has 2 nitrogen and oxygen atoms in total. The van der Waals surface area contributed by atoms with Crippen LogP contribution in [-0.4, -0.2) is 17.7 Å². The molecule has 1 atom stereocenters. The van der Waals surface area contributed by atoms with Gasteiger partial charge in [-0.2, -0.15) is 13.2 Å². The van der Waals surface area contributed by atoms with Crippen molar-refractivity contribution in [2.75, 3.05) is 6.54 Å². The van der Waals surface area contributed by atoms with Crippen molar-refractivity contribution in [3.8, 4) is 0 Å². The lowest BCUT2D eigenvalue weighted by Gasteiger charge is -2.21. The molecule has 15 heavy (non-hydrogen) atoms. The lowest BCUT2D eigenvalue weighted by atomic mass is 10.1. The fourth-order valence-corrected chi connectivity index (χ4v) is 1.28. The molecule has 1 rings (SSSR count). The Bertz CT molecular complexity index is 305. The number of aromatic nitrogens is 1. The topological polar surface area (TPSA) is 24.9 Å². The van der Waals surface area contributed by atoms with Crippen molar-refractivity contribution >= 4 is 0 Å². The second kappa shape index (κ2) is 4.61. The van der Waals surface area contributed by atoms with Crippen molar-refractivity contribution in [1.82, 2.24) is 10.3 Å². The van der Waals surface area contributed by atoms with E-state index < -0.39 is 12.2 Å². The first kappa shape index (κ1) is 12.0. The van der Waals surface area contributed by atoms with Crippen molar-refractivity contribution in [3.05, 3.63) is 29.6 Å². The molecule has 0 aliphatic rings. The molecule has 0 fully saturated rings. The van der Waals surface area contributed by atoms with E-state index in [0.29, 0.717) is 5.69 Å². The fourth-order valence-electron chi connectivity index (χ4n) is 1.28. The molecule has 1 unspecified atom stereocenters. The number of nitrogens with one attached hydrogen (secondary N) is 1. The molecule has 84 valence electrons. The van der Waals surface area contributed by atoms with Crippen LogP contribution in [0.2, 0.25) is 0 Å². The molecule has 0 aromatic carbocycles. The Balaban J connectivity index is 2.94. The summed E-state index contributed by atoms with van der Waals surface area (Å²) in [5, 5.41) is 2.39. The SMILES string of the molecule is CCNC(c1ccc(C)nc1)C(F)(F)F. The van der Waals surface area contributed by atoms with Crippen LogP contribution in [0.25, 0.3) is 0 Å². The maximum atomic E-state index is 12.6. The quantitative estimate of drug-likeness (QED) is 0.843. The van der Waals surface area contributed by atoms with Gasteiger partial charge in [0.2, 0.25) is 0 Å². The molecule has 1 aromatic rings. The molecule has 1 N–H and O–H groups in total. The Labute approximate surface area is 86.5 Å². The fraction of sp³-hybridized carbons (Fsp3) is 0.500. The summed E-state index contributed by atoms with van der Waals surface area (Å²) in [5.74, 6) is 0. The van der Waals surface area contributed by atoms with E-state index in [9.17, 15) is 13.2 Å². The predicted molar refractivity (Wildman–Crippen MR) is 51.4 cm³/mol. The third kappa shape index (κ3) is 3.20. The van der Waals surface area contributed by atoms with Gasteiger partial charge in [-0.1, -0.05) is 13.0 Å². The highest BCUT2D eigenvalue weighted by atomic mass is 19.4. The highest BCUT2D eigenvalue weighted by Gasteiger charge is 2.40. The lowest BCUT2D eigenvalue weighted by Crippen LogP contribution is -2.34. The molecule has 0 aliphatic carbocycles. The monoisotopic (exact) mass is 218 g/mol. The average molecular weight is 218 g/mol. The normalized spacial score (nSPS) is 13.9. The van der Waals surface area contributed by atoms with Gasteiger partial charge in [-0.15, -0.1) is 0 Å². The van der Waals surface area contributed by atoms with E-state index in [1.165, 1.54) is 12.3 Å². The van der Waals surface area contributed by atoms with Gasteiger partial charge in [0.05, 0.1) is 0 Å². The summed E-state index contributed by atoms with van der Waals surface area (Å²) in [5.41, 5.74) is 0.853. The number of halogens is 3. The van der Waals surface area contributed by atoms with Gasteiger partial charge in [0.15, 0.2) is 0 Å². The van der Waals surface area contributed by atoms with Gasteiger partial charge in [0.25, 0.3) is 0 Å². The Morgan fingerprint density at radius 3 is 2.47 bits per heavy atom. The van der Waals surface area contributed by atoms with Crippen molar-refractivity contribution in [2.24, 2.45) is 0 Å². The van der Waals surface area contributed by atoms with Gasteiger partial charge in [-0.05, 0) is 25.1 Å². The van der Waals surface area contributed by atoms with E-state index >= 15 is 0 Å². The third-order valence-electron chi connectivity index (χ3n) is 2.00. The Morgan fingerprint density at radius 1 is 1.40 bits per heavy atom. The number of hydrogen-bond acceptors (Lipinski definition) is 2. The first-order chi connectivity index (χ1) is 6.95. The van der Waals surface area contributed by atoms with Crippen LogP contribution < -0.4 is 5.32 Å². The smallest absolute Gasteiger partial charge is 0.303 e. The molecule has 0 bridgehead atoms. The maximum absolute atomic E-state index is 12.6. The number of hydrogen-bond donors (Lipinski definition) is 1. The van der Waals surface area contributed by atoms with E-state index in [4.69, 9.17) is 0 Å². The minimum absolute atomic E-state index is 0.148. The summed E-state index contributed by atoms with van der Waals surface area (Å²) in [7, 11) is 0. The first-order valence-corrected chi connectivity index (χ1v) is 4.67. The maximum Gasteiger partial charge on any atom is 0.407 e. The highest BCUT2D eigenvalue weighted by molar-refractivity contribution is 5.18. The summed E-state index contributed by atoms with van der Waals surface area (Å²) in [4.78, 5) is 3.86. The number of alkyl halides is 3. The minimum atomic E-state index is -4.28. The zero-order valence-electron chi connectivity index (χ0n) is 8.60. The van der Waals surface area contributed by atoms with Gasteiger partial charge in [-0.3, -0.25) is 4.98 Å². The van der Waals surface area contributed by atoms with Crippen LogP contribution in [0.4, 0.5) is 13.2 Å². The zero-order valence-corrected chi connectivity index (χ0v) is 8.60. The van der Waals surface area contributed by atoms with Gasteiger partial charge < -0.3 is 5.32 Å². The largest absolute Gasteiger partial charge is 0.407 e. The molecular formula is C10H13F3N2. The van der Waals surface area contributed by atoms with Crippen molar-refractivity contribution in [3.63, 3.8) is 0 Å². The van der Waals surface area contributed by atoms with Crippen LogP contribution in [0, 0.1) is 6.92 Å². The second-order valence-corrected chi connectivity index (χ2v) is 3.27. The van der Waals surface area contributed by atoms with Gasteiger partial charge in [-0.25, -0.2) is 0 Å². The number of nitrogens with zero attached hydrogens (tertiary/aromatic N) is 1. The molecule has 0 amide bonds. The van der Waals surface area contributed by atoms with E-state index in [-0.39, 0.29) is 12.1 Å². The van der Waals surface area contributed by atoms with Crippen molar-refractivity contribution in [1.29, 1.82) is 0 Å². The lowest BCUT2D eigenvalue weighted by molar-refractivity contribution is -0.157. The second-order valence-electron chi connectivity index (χ2n) is 3.27. The molecule has 5 heteroatoms. The van der Waals surface area contributed by atoms with Crippen LogP contribution in [-0.2, 0) is 0 Å². The van der Waals surface area contributed by atoms with E-state index in [0.717, 1.165) is 0 Å². The number of aryl methyl sites for hydroxylation is 1. The van der Waals surface area contributed by atoms with E-state index in [1.54, 1.807) is 19.9 Å². The molecule has 0 radical (unpaired) electrons. The van der Waals surface area contributed by atoms with Gasteiger partial charge in [0.1, 0.15) is 6.04 Å². The third-order valence-corrected chi connectivity index (χ3v) is 2.00. The molecule has 0 spiro atoms. The number of pyridine rings is 1. The van der Waals surface area contributed by atoms with Crippen molar-refractivity contribution < 1.29 is 13.2 Å². The predicted octanol–water partition coefficient (Wildman–Crippen LogP) is 2.60. The van der Waals surface area contributed by atoms with Gasteiger partial charge >= 0.3 is 6.18 Å². The zero-order chi connectivity index (χ0) is 11.5. The standard InChI is InChI=1S/C10H13F3N2/c1-3-14-9(10(11,12)13)8-5-4-7(2)15-6-8/h4-6,9,14H,3H2,1-2H3. The van der Waals surface area contributed by atoms with Crippen molar-refractivity contribution in [2.45, 2.75) is 26.1 Å². The van der Waals surface area contributed by atoms with Crippen LogP contribution in [0.5, 0.6) is 0 Å². The molecule has 1 aromatic heterocycles. The Kier molecular flexibility index (Phi) is 3.68. The molecular weight excluding hydrogens is 205 g/mol. The number of rotatable bonds is 3. The molecule has 1 heterocycles. The summed E-state index contributed by atoms with van der Waals surface area (Å²) >= 11 is 0. The van der Waals surface area contributed by atoms with Gasteiger partial charge in [0, 0.05) is 11.9 Å². The Hall–Kier alpha value is -1.10. The van der Waals surface area contributed by atoms with Crippen LogP contribution in [0.3, 0.4) is 0 Å². The summed E-state index contributed by atoms with van der Waals surface area (Å²) < 4.78 is 37.8. The molecule has 0 aliphatic heterocycles. The van der Waals surface area contributed by atoms with Crippen LogP contribution >= 0.6 is 0 Å². The Morgan fingerprint density at radius 2 is 2.07 bits per heavy atom.